The summed E-state index contributed by atoms with van der Waals surface area (Å²) in [6.45, 7) is 7.73. The molecule has 1 saturated carbocycles. The van der Waals surface area contributed by atoms with Gasteiger partial charge in [0.05, 0.1) is 5.54 Å². The molecule has 0 unspecified atom stereocenters. The number of likely N-dealkylation sites (N-methyl/N-ethyl adjacent to an activating group) is 2. The fraction of sp³-hybridized carbons (Fsp3) is 0.929. The molecule has 0 atom stereocenters. The molecule has 1 N–H and O–H groups in total. The first-order valence-electron chi connectivity index (χ1n) is 6.98. The minimum Gasteiger partial charge on any atom is -0.344 e. The van der Waals surface area contributed by atoms with Crippen molar-refractivity contribution in [1.29, 1.82) is 0 Å². The summed E-state index contributed by atoms with van der Waals surface area (Å²) in [6.07, 6.45) is 6.63. The molecule has 0 radical (unpaired) electrons. The Morgan fingerprint density at radius 1 is 1.29 bits per heavy atom. The van der Waals surface area contributed by atoms with Crippen molar-refractivity contribution in [2.75, 3.05) is 20.1 Å². The largest absolute Gasteiger partial charge is 0.344 e. The summed E-state index contributed by atoms with van der Waals surface area (Å²) in [6, 6.07) is 0. The Labute approximate surface area is 106 Å². The third-order valence-corrected chi connectivity index (χ3v) is 3.76. The predicted octanol–water partition coefficient (Wildman–Crippen LogP) is 2.41. The predicted molar refractivity (Wildman–Crippen MR) is 72.0 cm³/mol. The molecule has 17 heavy (non-hydrogen) atoms. The van der Waals surface area contributed by atoms with E-state index in [1.807, 2.05) is 32.7 Å². The van der Waals surface area contributed by atoms with Crippen LogP contribution >= 0.6 is 0 Å². The number of carbonyl (C=O) groups is 1. The number of carbonyl (C=O) groups excluding carboxylic acids is 1. The minimum atomic E-state index is -0.432. The van der Waals surface area contributed by atoms with Crippen LogP contribution in [0, 0.1) is 5.92 Å². The van der Waals surface area contributed by atoms with Gasteiger partial charge in [-0.15, -0.1) is 0 Å². The molecule has 0 aliphatic heterocycles. The van der Waals surface area contributed by atoms with Crippen molar-refractivity contribution >= 4 is 5.91 Å². The van der Waals surface area contributed by atoms with Gasteiger partial charge in [0.2, 0.25) is 5.91 Å². The molecule has 1 rings (SSSR count). The highest BCUT2D eigenvalue weighted by Crippen LogP contribution is 2.24. The van der Waals surface area contributed by atoms with Crippen LogP contribution in [0.15, 0.2) is 0 Å². The fourth-order valence-electron chi connectivity index (χ4n) is 2.83. The Morgan fingerprint density at radius 2 is 1.88 bits per heavy atom. The SMILES string of the molecule is CCNC(C)(C)C(=O)N(C)CC1CCCCC1. The molecule has 1 amide bonds. The number of amides is 1. The zero-order chi connectivity index (χ0) is 12.9. The van der Waals surface area contributed by atoms with Crippen LogP contribution in [-0.4, -0.2) is 36.5 Å². The molecule has 3 nitrogen and oxygen atoms in total. The van der Waals surface area contributed by atoms with E-state index in [4.69, 9.17) is 0 Å². The second-order valence-corrected chi connectivity index (χ2v) is 5.85. The van der Waals surface area contributed by atoms with Crippen LogP contribution < -0.4 is 5.32 Å². The maximum absolute atomic E-state index is 12.3. The van der Waals surface area contributed by atoms with Crippen molar-refractivity contribution < 1.29 is 4.79 Å². The Bertz CT molecular complexity index is 245. The fourth-order valence-corrected chi connectivity index (χ4v) is 2.83. The Hall–Kier alpha value is -0.570. The van der Waals surface area contributed by atoms with Gasteiger partial charge in [0.1, 0.15) is 0 Å². The van der Waals surface area contributed by atoms with E-state index >= 15 is 0 Å². The standard InChI is InChI=1S/C14H28N2O/c1-5-15-14(2,3)13(17)16(4)11-12-9-7-6-8-10-12/h12,15H,5-11H2,1-4H3. The highest BCUT2D eigenvalue weighted by atomic mass is 16.2. The summed E-state index contributed by atoms with van der Waals surface area (Å²) in [4.78, 5) is 14.2. The van der Waals surface area contributed by atoms with Crippen molar-refractivity contribution in [3.05, 3.63) is 0 Å². The highest BCUT2D eigenvalue weighted by Gasteiger charge is 2.30. The first-order chi connectivity index (χ1) is 7.97. The molecule has 3 heteroatoms. The van der Waals surface area contributed by atoms with Gasteiger partial charge in [0, 0.05) is 13.6 Å². The minimum absolute atomic E-state index is 0.213. The van der Waals surface area contributed by atoms with E-state index in [2.05, 4.69) is 5.32 Å². The number of nitrogens with one attached hydrogen (secondary N) is 1. The van der Waals surface area contributed by atoms with E-state index in [0.717, 1.165) is 19.0 Å². The summed E-state index contributed by atoms with van der Waals surface area (Å²) < 4.78 is 0. The average Bonchev–Trinajstić information content (AvgIpc) is 2.29. The number of rotatable bonds is 5. The zero-order valence-electron chi connectivity index (χ0n) is 11.9. The molecule has 1 fully saturated rings. The van der Waals surface area contributed by atoms with Gasteiger partial charge in [0.25, 0.3) is 0 Å². The first-order valence-corrected chi connectivity index (χ1v) is 6.98. The molecule has 0 aromatic rings. The molecule has 0 saturated heterocycles. The Morgan fingerprint density at radius 3 is 2.41 bits per heavy atom. The van der Waals surface area contributed by atoms with E-state index in [1.54, 1.807) is 0 Å². The van der Waals surface area contributed by atoms with Crippen molar-refractivity contribution in [2.24, 2.45) is 5.92 Å². The van der Waals surface area contributed by atoms with E-state index in [9.17, 15) is 4.79 Å². The summed E-state index contributed by atoms with van der Waals surface area (Å²) >= 11 is 0. The quantitative estimate of drug-likeness (QED) is 0.800. The Kier molecular flexibility index (Phi) is 5.44. The maximum atomic E-state index is 12.3. The van der Waals surface area contributed by atoms with Gasteiger partial charge in [0.15, 0.2) is 0 Å². The van der Waals surface area contributed by atoms with Crippen molar-refractivity contribution in [2.45, 2.75) is 58.4 Å². The number of hydrogen-bond donors (Lipinski definition) is 1. The number of hydrogen-bond acceptors (Lipinski definition) is 2. The topological polar surface area (TPSA) is 32.3 Å². The van der Waals surface area contributed by atoms with E-state index in [1.165, 1.54) is 32.1 Å². The summed E-state index contributed by atoms with van der Waals surface area (Å²) in [7, 11) is 1.94. The van der Waals surface area contributed by atoms with Crippen LogP contribution in [0.25, 0.3) is 0 Å². The van der Waals surface area contributed by atoms with Gasteiger partial charge in [-0.1, -0.05) is 26.2 Å². The lowest BCUT2D eigenvalue weighted by atomic mass is 9.88. The van der Waals surface area contributed by atoms with Crippen molar-refractivity contribution in [3.63, 3.8) is 0 Å². The van der Waals surface area contributed by atoms with E-state index in [0.29, 0.717) is 0 Å². The first kappa shape index (κ1) is 14.5. The lowest BCUT2D eigenvalue weighted by Gasteiger charge is -2.33. The third kappa shape index (κ3) is 4.30. The van der Waals surface area contributed by atoms with E-state index < -0.39 is 5.54 Å². The third-order valence-electron chi connectivity index (χ3n) is 3.76. The molecule has 0 aromatic carbocycles. The lowest BCUT2D eigenvalue weighted by molar-refractivity contribution is -0.136. The van der Waals surface area contributed by atoms with Crippen LogP contribution in [0.5, 0.6) is 0 Å². The molecular weight excluding hydrogens is 212 g/mol. The lowest BCUT2D eigenvalue weighted by Crippen LogP contribution is -2.53. The van der Waals surface area contributed by atoms with Crippen molar-refractivity contribution in [1.82, 2.24) is 10.2 Å². The molecule has 0 aromatic heterocycles. The molecule has 0 heterocycles. The van der Waals surface area contributed by atoms with Gasteiger partial charge in [-0.2, -0.15) is 0 Å². The highest BCUT2D eigenvalue weighted by molar-refractivity contribution is 5.85. The summed E-state index contributed by atoms with van der Waals surface area (Å²) in [5, 5.41) is 3.25. The second kappa shape index (κ2) is 6.39. The maximum Gasteiger partial charge on any atom is 0.242 e. The molecule has 1 aliphatic carbocycles. The molecule has 1 aliphatic rings. The smallest absolute Gasteiger partial charge is 0.242 e. The zero-order valence-corrected chi connectivity index (χ0v) is 11.9. The van der Waals surface area contributed by atoms with E-state index in [-0.39, 0.29) is 5.91 Å². The second-order valence-electron chi connectivity index (χ2n) is 5.85. The molecule has 0 bridgehead atoms. The van der Waals surface area contributed by atoms with Gasteiger partial charge in [-0.3, -0.25) is 4.79 Å². The molecular formula is C14H28N2O. The van der Waals surface area contributed by atoms with Crippen LogP contribution in [0.2, 0.25) is 0 Å². The van der Waals surface area contributed by atoms with Crippen LogP contribution in [0.1, 0.15) is 52.9 Å². The van der Waals surface area contributed by atoms with Crippen LogP contribution in [0.3, 0.4) is 0 Å². The Balaban J connectivity index is 2.45. The van der Waals surface area contributed by atoms with Gasteiger partial charge in [-0.25, -0.2) is 0 Å². The average molecular weight is 240 g/mol. The monoisotopic (exact) mass is 240 g/mol. The summed E-state index contributed by atoms with van der Waals surface area (Å²) in [5.41, 5.74) is -0.432. The van der Waals surface area contributed by atoms with Gasteiger partial charge in [-0.05, 0) is 39.2 Å². The van der Waals surface area contributed by atoms with Crippen molar-refractivity contribution in [3.8, 4) is 0 Å². The van der Waals surface area contributed by atoms with Crippen LogP contribution in [0.4, 0.5) is 0 Å². The van der Waals surface area contributed by atoms with Crippen LogP contribution in [-0.2, 0) is 4.79 Å². The normalized spacial score (nSPS) is 18.1. The van der Waals surface area contributed by atoms with Gasteiger partial charge >= 0.3 is 0 Å². The molecule has 100 valence electrons. The molecule has 0 spiro atoms. The van der Waals surface area contributed by atoms with Gasteiger partial charge < -0.3 is 10.2 Å². The number of nitrogens with zero attached hydrogens (tertiary/aromatic N) is 1. The summed E-state index contributed by atoms with van der Waals surface area (Å²) in [5.74, 6) is 0.931.